The van der Waals surface area contributed by atoms with E-state index in [1.165, 1.54) is 11.1 Å². The fourth-order valence-corrected chi connectivity index (χ4v) is 4.47. The van der Waals surface area contributed by atoms with Gasteiger partial charge < -0.3 is 10.6 Å². The molecule has 0 saturated heterocycles. The number of rotatable bonds is 5. The zero-order valence-electron chi connectivity index (χ0n) is 20.5. The van der Waals surface area contributed by atoms with Crippen LogP contribution in [0.2, 0.25) is 0 Å². The number of benzene rings is 1. The summed E-state index contributed by atoms with van der Waals surface area (Å²) in [6.45, 7) is 12.4. The molecule has 8 heteroatoms. The Balaban J connectivity index is 1.60. The van der Waals surface area contributed by atoms with E-state index in [0.717, 1.165) is 43.0 Å². The van der Waals surface area contributed by atoms with Crippen molar-refractivity contribution in [2.45, 2.75) is 52.1 Å². The third-order valence-corrected chi connectivity index (χ3v) is 6.31. The van der Waals surface area contributed by atoms with Gasteiger partial charge in [0.15, 0.2) is 5.65 Å². The summed E-state index contributed by atoms with van der Waals surface area (Å²) in [7, 11) is 0. The molecule has 0 unspecified atom stereocenters. The second-order valence-electron chi connectivity index (χ2n) is 9.96. The van der Waals surface area contributed by atoms with E-state index in [-0.39, 0.29) is 11.0 Å². The van der Waals surface area contributed by atoms with Gasteiger partial charge in [-0.25, -0.2) is 14.3 Å². The van der Waals surface area contributed by atoms with E-state index in [1.807, 2.05) is 16.8 Å². The lowest BCUT2D eigenvalue weighted by molar-refractivity contribution is 0.563. The Kier molecular flexibility index (Phi) is 5.98. The number of pyridine rings is 1. The molecule has 35 heavy (non-hydrogen) atoms. The van der Waals surface area contributed by atoms with Gasteiger partial charge in [-0.15, -0.1) is 6.58 Å². The zero-order valence-corrected chi connectivity index (χ0v) is 20.5. The molecule has 0 bridgehead atoms. The molecule has 2 N–H and O–H groups in total. The molecule has 5 rings (SSSR count). The predicted molar refractivity (Wildman–Crippen MR) is 140 cm³/mol. The number of aromatic nitrogens is 5. The maximum absolute atomic E-state index is 13.2. The summed E-state index contributed by atoms with van der Waals surface area (Å²) in [6.07, 6.45) is 7.30. The highest BCUT2D eigenvalue weighted by Crippen LogP contribution is 2.25. The maximum atomic E-state index is 13.2. The SMILES string of the molecule is C=CCn1c(=O)c2cnc(Nc3ccc4c(c3)CNCCC4)nc2n1-c1ccnc(C(C)(C)C)c1. The summed E-state index contributed by atoms with van der Waals surface area (Å²) in [5.41, 5.74) is 5.58. The highest BCUT2D eigenvalue weighted by molar-refractivity contribution is 5.77. The van der Waals surface area contributed by atoms with Gasteiger partial charge >= 0.3 is 0 Å². The Morgan fingerprint density at radius 2 is 2.03 bits per heavy atom. The van der Waals surface area contributed by atoms with Crippen LogP contribution in [0.3, 0.4) is 0 Å². The first-order valence-corrected chi connectivity index (χ1v) is 12.0. The van der Waals surface area contributed by atoms with E-state index in [9.17, 15) is 4.79 Å². The Hall–Kier alpha value is -3.78. The van der Waals surface area contributed by atoms with Crippen molar-refractivity contribution in [1.82, 2.24) is 29.6 Å². The molecule has 4 heterocycles. The first-order chi connectivity index (χ1) is 16.8. The largest absolute Gasteiger partial charge is 0.324 e. The van der Waals surface area contributed by atoms with Crippen LogP contribution in [0.15, 0.2) is 60.2 Å². The minimum absolute atomic E-state index is 0.135. The van der Waals surface area contributed by atoms with Gasteiger partial charge in [0, 0.05) is 35.7 Å². The predicted octanol–water partition coefficient (Wildman–Crippen LogP) is 4.24. The number of nitrogens with one attached hydrogen (secondary N) is 2. The van der Waals surface area contributed by atoms with E-state index in [0.29, 0.717) is 23.5 Å². The van der Waals surface area contributed by atoms with E-state index in [2.05, 4.69) is 66.2 Å². The number of aryl methyl sites for hydroxylation is 1. The van der Waals surface area contributed by atoms with Gasteiger partial charge in [-0.1, -0.05) is 32.9 Å². The van der Waals surface area contributed by atoms with Crippen molar-refractivity contribution in [2.75, 3.05) is 11.9 Å². The van der Waals surface area contributed by atoms with Gasteiger partial charge in [0.25, 0.3) is 5.56 Å². The summed E-state index contributed by atoms with van der Waals surface area (Å²) >= 11 is 0. The van der Waals surface area contributed by atoms with Crippen LogP contribution in [0.1, 0.15) is 44.0 Å². The minimum atomic E-state index is -0.156. The third-order valence-electron chi connectivity index (χ3n) is 6.31. The minimum Gasteiger partial charge on any atom is -0.324 e. The van der Waals surface area contributed by atoms with Crippen LogP contribution in [-0.2, 0) is 24.9 Å². The van der Waals surface area contributed by atoms with Crippen molar-refractivity contribution < 1.29 is 0 Å². The van der Waals surface area contributed by atoms with Gasteiger partial charge in [0.05, 0.1) is 12.2 Å². The molecule has 0 spiro atoms. The Labute approximate surface area is 204 Å². The lowest BCUT2D eigenvalue weighted by atomic mass is 9.91. The van der Waals surface area contributed by atoms with Crippen molar-refractivity contribution >= 4 is 22.7 Å². The van der Waals surface area contributed by atoms with Crippen LogP contribution in [0.5, 0.6) is 0 Å². The fourth-order valence-electron chi connectivity index (χ4n) is 4.47. The number of hydrogen-bond acceptors (Lipinski definition) is 6. The lowest BCUT2D eigenvalue weighted by Gasteiger charge is -2.19. The van der Waals surface area contributed by atoms with Crippen LogP contribution in [0.25, 0.3) is 16.7 Å². The van der Waals surface area contributed by atoms with Gasteiger partial charge in [-0.2, -0.15) is 4.98 Å². The second-order valence-corrected chi connectivity index (χ2v) is 9.96. The first kappa shape index (κ1) is 23.0. The van der Waals surface area contributed by atoms with Crippen LogP contribution in [0, 0.1) is 0 Å². The molecule has 1 aromatic carbocycles. The van der Waals surface area contributed by atoms with Crippen molar-refractivity contribution in [2.24, 2.45) is 0 Å². The topological polar surface area (TPSA) is 89.7 Å². The highest BCUT2D eigenvalue weighted by atomic mass is 16.1. The van der Waals surface area contributed by atoms with E-state index < -0.39 is 0 Å². The molecule has 1 aliphatic rings. The Morgan fingerprint density at radius 3 is 2.83 bits per heavy atom. The molecule has 0 aliphatic carbocycles. The number of anilines is 2. The lowest BCUT2D eigenvalue weighted by Crippen LogP contribution is -2.22. The molecule has 8 nitrogen and oxygen atoms in total. The molecule has 0 radical (unpaired) electrons. The van der Waals surface area contributed by atoms with E-state index >= 15 is 0 Å². The van der Waals surface area contributed by atoms with Gasteiger partial charge in [-0.3, -0.25) is 9.78 Å². The normalized spacial score (nSPS) is 13.9. The molecular weight excluding hydrogens is 438 g/mol. The van der Waals surface area contributed by atoms with Gasteiger partial charge in [0.2, 0.25) is 5.95 Å². The van der Waals surface area contributed by atoms with Gasteiger partial charge in [-0.05, 0) is 54.8 Å². The van der Waals surface area contributed by atoms with Crippen LogP contribution >= 0.6 is 0 Å². The summed E-state index contributed by atoms with van der Waals surface area (Å²) < 4.78 is 3.47. The number of allylic oxidation sites excluding steroid dienone is 1. The molecule has 3 aromatic heterocycles. The molecule has 0 atom stereocenters. The van der Waals surface area contributed by atoms with Crippen molar-refractivity contribution in [3.8, 4) is 5.69 Å². The molecule has 0 amide bonds. The van der Waals surface area contributed by atoms with Crippen LogP contribution in [0.4, 0.5) is 11.6 Å². The van der Waals surface area contributed by atoms with Crippen molar-refractivity contribution in [3.63, 3.8) is 0 Å². The summed E-state index contributed by atoms with van der Waals surface area (Å²) in [6, 6.07) is 10.3. The van der Waals surface area contributed by atoms with Crippen LogP contribution in [-0.4, -0.2) is 30.9 Å². The third kappa shape index (κ3) is 4.49. The van der Waals surface area contributed by atoms with Crippen molar-refractivity contribution in [1.29, 1.82) is 0 Å². The number of fused-ring (bicyclic) bond motifs is 2. The molecule has 0 fully saturated rings. The Bertz CT molecular complexity index is 1460. The highest BCUT2D eigenvalue weighted by Gasteiger charge is 2.20. The number of nitrogens with zero attached hydrogens (tertiary/aromatic N) is 5. The number of hydrogen-bond donors (Lipinski definition) is 2. The van der Waals surface area contributed by atoms with Crippen LogP contribution < -0.4 is 16.2 Å². The van der Waals surface area contributed by atoms with Crippen molar-refractivity contribution in [3.05, 3.63) is 82.6 Å². The monoisotopic (exact) mass is 469 g/mol. The summed E-state index contributed by atoms with van der Waals surface area (Å²) in [5, 5.41) is 7.26. The molecule has 0 saturated carbocycles. The smallest absolute Gasteiger partial charge is 0.278 e. The molecule has 180 valence electrons. The summed E-state index contributed by atoms with van der Waals surface area (Å²) in [4.78, 5) is 27.0. The maximum Gasteiger partial charge on any atom is 0.278 e. The summed E-state index contributed by atoms with van der Waals surface area (Å²) in [5.74, 6) is 0.439. The quantitative estimate of drug-likeness (QED) is 0.425. The van der Waals surface area contributed by atoms with Gasteiger partial charge in [0.1, 0.15) is 5.39 Å². The molecular formula is C27H31N7O. The fraction of sp³-hybridized carbons (Fsp3) is 0.333. The zero-order chi connectivity index (χ0) is 24.6. The standard InChI is InChI=1S/C27H31N7O/c1-5-13-33-25(35)22-17-30-26(31-20-9-8-18-7-6-11-28-16-19(18)14-20)32-24(22)34(33)21-10-12-29-23(15-21)27(2,3)4/h5,8-10,12,14-15,17,28H,1,6-7,11,13,16H2,2-4H3,(H,30,31,32). The molecule has 4 aromatic rings. The average molecular weight is 470 g/mol. The van der Waals surface area contributed by atoms with E-state index in [4.69, 9.17) is 4.98 Å². The molecule has 1 aliphatic heterocycles. The first-order valence-electron chi connectivity index (χ1n) is 12.0. The second kappa shape index (κ2) is 9.11. The average Bonchev–Trinajstić information content (AvgIpc) is 2.97. The Morgan fingerprint density at radius 1 is 1.17 bits per heavy atom. The van der Waals surface area contributed by atoms with E-state index in [1.54, 1.807) is 23.2 Å².